The van der Waals surface area contributed by atoms with Crippen LogP contribution in [0, 0.1) is 0 Å². The van der Waals surface area contributed by atoms with E-state index in [-0.39, 0.29) is 5.56 Å². The molecule has 0 saturated carbocycles. The number of aromatic nitrogens is 4. The van der Waals surface area contributed by atoms with E-state index in [0.717, 1.165) is 16.5 Å². The van der Waals surface area contributed by atoms with Gasteiger partial charge in [-0.05, 0) is 30.3 Å². The van der Waals surface area contributed by atoms with Crippen LogP contribution in [0.1, 0.15) is 10.7 Å². The zero-order valence-corrected chi connectivity index (χ0v) is 15.1. The lowest BCUT2D eigenvalue weighted by Gasteiger charge is -2.05. The number of halogens is 1. The minimum Gasteiger partial charge on any atom is -0.486 e. The molecule has 0 saturated heterocycles. The topological polar surface area (TPSA) is 69.9 Å². The summed E-state index contributed by atoms with van der Waals surface area (Å²) in [7, 11) is 0. The highest BCUT2D eigenvalue weighted by Crippen LogP contribution is 2.18. The number of ether oxygens (including phenoxy) is 1. The second kappa shape index (κ2) is 7.23. The van der Waals surface area contributed by atoms with Gasteiger partial charge in [0.25, 0.3) is 5.56 Å². The van der Waals surface area contributed by atoms with E-state index in [4.69, 9.17) is 16.3 Å². The summed E-state index contributed by atoms with van der Waals surface area (Å²) in [6.45, 7) is 0.727. The zero-order chi connectivity index (χ0) is 17.9. The van der Waals surface area contributed by atoms with Crippen LogP contribution in [0.25, 0.3) is 10.9 Å². The number of hydrogen-bond acceptors (Lipinski definition) is 6. The predicted molar refractivity (Wildman–Crippen MR) is 101 cm³/mol. The molecule has 4 rings (SSSR count). The summed E-state index contributed by atoms with van der Waals surface area (Å²) < 4.78 is 7.24. The Hall–Kier alpha value is -2.77. The second-order valence-electron chi connectivity index (χ2n) is 5.55. The average Bonchev–Trinajstić information content (AvgIpc) is 3.11. The van der Waals surface area contributed by atoms with Gasteiger partial charge >= 0.3 is 0 Å². The van der Waals surface area contributed by atoms with Crippen LogP contribution in [0.2, 0.25) is 5.02 Å². The fourth-order valence-electron chi connectivity index (χ4n) is 2.46. The van der Waals surface area contributed by atoms with Crippen LogP contribution >= 0.6 is 22.9 Å². The Labute approximate surface area is 157 Å². The maximum absolute atomic E-state index is 12.5. The molecular formula is C18H13ClN4O2S. The number of fused-ring (bicyclic) bond motifs is 1. The summed E-state index contributed by atoms with van der Waals surface area (Å²) in [5.41, 5.74) is 1.27. The number of thiazole rings is 1. The maximum atomic E-state index is 12.5. The molecule has 0 aliphatic heterocycles. The lowest BCUT2D eigenvalue weighted by molar-refractivity contribution is 0.305. The van der Waals surface area contributed by atoms with Crippen LogP contribution in [0.15, 0.2) is 59.2 Å². The van der Waals surface area contributed by atoms with Crippen molar-refractivity contribution < 1.29 is 4.74 Å². The van der Waals surface area contributed by atoms with Gasteiger partial charge in [0.15, 0.2) is 0 Å². The minimum atomic E-state index is -0.107. The van der Waals surface area contributed by atoms with Crippen molar-refractivity contribution in [3.05, 3.63) is 80.5 Å². The first-order valence-corrected chi connectivity index (χ1v) is 9.05. The number of rotatable bonds is 5. The van der Waals surface area contributed by atoms with Gasteiger partial charge in [0, 0.05) is 16.6 Å². The van der Waals surface area contributed by atoms with Gasteiger partial charge < -0.3 is 4.74 Å². The molecule has 0 aliphatic carbocycles. The van der Waals surface area contributed by atoms with Crippen molar-refractivity contribution in [2.45, 2.75) is 13.2 Å². The largest absolute Gasteiger partial charge is 0.486 e. The lowest BCUT2D eigenvalue weighted by Crippen LogP contribution is -2.21. The highest BCUT2D eigenvalue weighted by atomic mass is 35.5. The highest BCUT2D eigenvalue weighted by molar-refractivity contribution is 7.09. The van der Waals surface area contributed by atoms with Crippen molar-refractivity contribution in [1.82, 2.24) is 19.5 Å². The van der Waals surface area contributed by atoms with E-state index in [1.165, 1.54) is 17.7 Å². The van der Waals surface area contributed by atoms with Crippen molar-refractivity contribution in [2.24, 2.45) is 0 Å². The van der Waals surface area contributed by atoms with Gasteiger partial charge in [-0.1, -0.05) is 11.6 Å². The van der Waals surface area contributed by atoms with Crippen molar-refractivity contribution in [2.75, 3.05) is 0 Å². The van der Waals surface area contributed by atoms with Gasteiger partial charge in [-0.15, -0.1) is 11.3 Å². The van der Waals surface area contributed by atoms with Crippen LogP contribution in [-0.2, 0) is 13.2 Å². The van der Waals surface area contributed by atoms with E-state index in [1.807, 2.05) is 17.5 Å². The second-order valence-corrected chi connectivity index (χ2v) is 6.92. The molecule has 0 aliphatic rings. The zero-order valence-electron chi connectivity index (χ0n) is 13.5. The molecule has 0 amide bonds. The van der Waals surface area contributed by atoms with Gasteiger partial charge in [0.1, 0.15) is 17.4 Å². The summed E-state index contributed by atoms with van der Waals surface area (Å²) in [5, 5.41) is 3.97. The van der Waals surface area contributed by atoms with Crippen molar-refractivity contribution >= 4 is 33.8 Å². The van der Waals surface area contributed by atoms with Gasteiger partial charge in [0.2, 0.25) is 0 Å². The molecule has 130 valence electrons. The number of hydrogen-bond donors (Lipinski definition) is 0. The number of benzene rings is 1. The Bertz CT molecular complexity index is 1110. The molecule has 0 bridgehead atoms. The Morgan fingerprint density at radius 1 is 1.19 bits per heavy atom. The summed E-state index contributed by atoms with van der Waals surface area (Å²) in [6, 6.07) is 8.85. The van der Waals surface area contributed by atoms with E-state index in [2.05, 4.69) is 15.0 Å². The number of nitrogens with zero attached hydrogens (tertiary/aromatic N) is 4. The van der Waals surface area contributed by atoms with Crippen LogP contribution < -0.4 is 10.3 Å². The predicted octanol–water partition coefficient (Wildman–Crippen LogP) is 3.53. The van der Waals surface area contributed by atoms with Crippen LogP contribution in [0.4, 0.5) is 0 Å². The minimum absolute atomic E-state index is 0.107. The Morgan fingerprint density at radius 3 is 2.88 bits per heavy atom. The van der Waals surface area contributed by atoms with Crippen molar-refractivity contribution in [1.29, 1.82) is 0 Å². The SMILES string of the molecule is O=c1c2ccncc2ncn1Cc1csc(COc2ccc(Cl)cc2)n1. The molecule has 4 aromatic rings. The molecule has 3 aromatic heterocycles. The van der Waals surface area contributed by atoms with E-state index in [9.17, 15) is 4.79 Å². The molecule has 0 unspecified atom stereocenters. The monoisotopic (exact) mass is 384 g/mol. The normalized spacial score (nSPS) is 11.0. The first kappa shape index (κ1) is 16.7. The lowest BCUT2D eigenvalue weighted by atomic mass is 10.3. The van der Waals surface area contributed by atoms with E-state index >= 15 is 0 Å². The third-order valence-electron chi connectivity index (χ3n) is 3.74. The van der Waals surface area contributed by atoms with E-state index in [0.29, 0.717) is 29.1 Å². The third-order valence-corrected chi connectivity index (χ3v) is 4.86. The van der Waals surface area contributed by atoms with Crippen LogP contribution in [-0.4, -0.2) is 19.5 Å². The molecule has 0 N–H and O–H groups in total. The third kappa shape index (κ3) is 3.58. The Morgan fingerprint density at radius 2 is 2.04 bits per heavy atom. The quantitative estimate of drug-likeness (QED) is 0.526. The Kier molecular flexibility index (Phi) is 4.64. The molecule has 1 aromatic carbocycles. The summed E-state index contributed by atoms with van der Waals surface area (Å²) in [6.07, 6.45) is 4.69. The van der Waals surface area contributed by atoms with Gasteiger partial charge in [-0.2, -0.15) is 0 Å². The average molecular weight is 385 g/mol. The first-order valence-electron chi connectivity index (χ1n) is 7.80. The molecule has 0 atom stereocenters. The standard InChI is InChI=1S/C18H13ClN4O2S/c19-12-1-3-14(4-2-12)25-9-17-22-13(10-26-17)8-23-11-21-16-7-20-6-5-15(16)18(23)24/h1-7,10-11H,8-9H2. The Balaban J connectivity index is 1.47. The molecule has 8 heteroatoms. The fraction of sp³-hybridized carbons (Fsp3) is 0.111. The fourth-order valence-corrected chi connectivity index (χ4v) is 3.28. The molecule has 0 radical (unpaired) electrons. The van der Waals surface area contributed by atoms with E-state index < -0.39 is 0 Å². The maximum Gasteiger partial charge on any atom is 0.261 e. The van der Waals surface area contributed by atoms with Gasteiger partial charge in [-0.3, -0.25) is 14.3 Å². The molecule has 6 nitrogen and oxygen atoms in total. The summed E-state index contributed by atoms with van der Waals surface area (Å²) in [5.74, 6) is 0.731. The first-order chi connectivity index (χ1) is 12.7. The molecule has 3 heterocycles. The van der Waals surface area contributed by atoms with Crippen LogP contribution in [0.3, 0.4) is 0 Å². The number of pyridine rings is 1. The smallest absolute Gasteiger partial charge is 0.261 e. The summed E-state index contributed by atoms with van der Waals surface area (Å²) in [4.78, 5) is 25.3. The van der Waals surface area contributed by atoms with E-state index in [1.54, 1.807) is 35.2 Å². The molecular weight excluding hydrogens is 372 g/mol. The molecule has 0 fully saturated rings. The van der Waals surface area contributed by atoms with Gasteiger partial charge in [-0.25, -0.2) is 9.97 Å². The van der Waals surface area contributed by atoms with Crippen molar-refractivity contribution in [3.63, 3.8) is 0 Å². The molecule has 26 heavy (non-hydrogen) atoms. The summed E-state index contributed by atoms with van der Waals surface area (Å²) >= 11 is 7.35. The molecule has 0 spiro atoms. The van der Waals surface area contributed by atoms with Crippen LogP contribution in [0.5, 0.6) is 5.75 Å². The highest BCUT2D eigenvalue weighted by Gasteiger charge is 2.08. The van der Waals surface area contributed by atoms with Gasteiger partial charge in [0.05, 0.1) is 35.7 Å². The van der Waals surface area contributed by atoms with Crippen molar-refractivity contribution in [3.8, 4) is 5.75 Å².